The number of hydrogen-bond acceptors (Lipinski definition) is 1. The number of aliphatic imine (C=N–C) groups is 1. The summed E-state index contributed by atoms with van der Waals surface area (Å²) in [5, 5.41) is 0. The van der Waals surface area contributed by atoms with Crippen molar-refractivity contribution in [3.63, 3.8) is 0 Å². The molecule has 1 aliphatic heterocycles. The van der Waals surface area contributed by atoms with Crippen LogP contribution in [0.2, 0.25) is 12.1 Å². The predicted octanol–water partition coefficient (Wildman–Crippen LogP) is 6.02. The van der Waals surface area contributed by atoms with E-state index in [1.165, 1.54) is 5.57 Å². The molecule has 1 unspecified atom stereocenters. The normalized spacial score (nSPS) is 26.9. The van der Waals surface area contributed by atoms with Gasteiger partial charge in [0.15, 0.2) is 0 Å². The van der Waals surface area contributed by atoms with Crippen LogP contribution < -0.4 is 0 Å². The Morgan fingerprint density at radius 2 is 2.17 bits per heavy atom. The largest absolute Gasteiger partial charge is 0.257 e. The molecule has 2 heteroatoms. The highest BCUT2D eigenvalue weighted by atomic mass is 14.7. The van der Waals surface area contributed by atoms with Crippen LogP contribution in [-0.4, -0.2) is 13.5 Å². The van der Waals surface area contributed by atoms with Crippen molar-refractivity contribution >= 4 is 13.5 Å². The lowest BCUT2D eigenvalue weighted by Crippen LogP contribution is -1.99. The van der Waals surface area contributed by atoms with Crippen molar-refractivity contribution in [1.82, 2.24) is 0 Å². The van der Waals surface area contributed by atoms with Crippen molar-refractivity contribution < 1.29 is 0 Å². The van der Waals surface area contributed by atoms with E-state index in [9.17, 15) is 0 Å². The van der Waals surface area contributed by atoms with E-state index >= 15 is 0 Å². The first-order chi connectivity index (χ1) is 11.0. The molecule has 1 atom stereocenters. The summed E-state index contributed by atoms with van der Waals surface area (Å²) in [7, 11) is 2.32. The molecule has 1 heterocycles. The molecule has 0 aromatic rings. The Labute approximate surface area is 142 Å². The summed E-state index contributed by atoms with van der Waals surface area (Å²) < 4.78 is 0. The fraction of sp³-hybridized carbons (Fsp3) is 0.286. The molecule has 0 amide bonds. The van der Waals surface area contributed by atoms with Gasteiger partial charge in [0.1, 0.15) is 7.28 Å². The Kier molecular flexibility index (Phi) is 8.75. The molecule has 1 rings (SSSR count). The van der Waals surface area contributed by atoms with E-state index in [1.54, 1.807) is 0 Å². The SMILES string of the molecule is C=C\C1=C/C(/C=C\C(=C)C)=C\C(\N=C/C=C\C)=C/C(C)[B]CC1. The van der Waals surface area contributed by atoms with E-state index in [2.05, 4.69) is 56.7 Å². The minimum Gasteiger partial charge on any atom is -0.257 e. The van der Waals surface area contributed by atoms with Crippen LogP contribution in [0.5, 0.6) is 0 Å². The number of rotatable bonds is 5. The van der Waals surface area contributed by atoms with Crippen molar-refractivity contribution in [2.24, 2.45) is 4.99 Å². The van der Waals surface area contributed by atoms with Crippen molar-refractivity contribution in [1.29, 1.82) is 0 Å². The lowest BCUT2D eigenvalue weighted by molar-refractivity contribution is 1.07. The maximum atomic E-state index is 4.57. The molecule has 0 saturated heterocycles. The standard InChI is InChI=1S/C21H27BN/c1-6-8-13-23-21-14-18(5)22-12-11-19(7-2)15-20(16-21)10-9-17(3)4/h6-10,13-16,18H,2-3,11-12H2,1,4-5H3/b8-6-,10-9-,19-15+,20-16-,21-14+,23-13-. The van der Waals surface area contributed by atoms with Gasteiger partial charge in [0, 0.05) is 6.21 Å². The molecule has 0 aromatic carbocycles. The summed E-state index contributed by atoms with van der Waals surface area (Å²) in [5.74, 6) is 0.388. The number of hydrogen-bond donors (Lipinski definition) is 0. The summed E-state index contributed by atoms with van der Waals surface area (Å²) in [4.78, 5) is 4.57. The molecule has 0 aliphatic carbocycles. The summed E-state index contributed by atoms with van der Waals surface area (Å²) in [6.45, 7) is 14.0. The number of nitrogens with zero attached hydrogens (tertiary/aromatic N) is 1. The molecular weight excluding hydrogens is 277 g/mol. The Balaban J connectivity index is 3.30. The fourth-order valence-electron chi connectivity index (χ4n) is 2.19. The van der Waals surface area contributed by atoms with Gasteiger partial charge in [0.25, 0.3) is 0 Å². The highest BCUT2D eigenvalue weighted by Gasteiger charge is 2.06. The monoisotopic (exact) mass is 304 g/mol. The van der Waals surface area contributed by atoms with Gasteiger partial charge in [-0.05, 0) is 43.6 Å². The molecule has 0 bridgehead atoms. The molecule has 1 nitrogen and oxygen atoms in total. The Hall–Kier alpha value is -2.09. The molecule has 0 saturated carbocycles. The zero-order valence-corrected chi connectivity index (χ0v) is 14.6. The molecule has 119 valence electrons. The van der Waals surface area contributed by atoms with Gasteiger partial charge < -0.3 is 0 Å². The third-order valence-electron chi connectivity index (χ3n) is 3.40. The maximum absolute atomic E-state index is 4.57. The fourth-order valence-corrected chi connectivity index (χ4v) is 2.19. The van der Waals surface area contributed by atoms with Crippen LogP contribution in [0.3, 0.4) is 0 Å². The zero-order valence-electron chi connectivity index (χ0n) is 14.6. The van der Waals surface area contributed by atoms with Crippen molar-refractivity contribution in [2.45, 2.75) is 39.3 Å². The third-order valence-corrected chi connectivity index (χ3v) is 3.40. The molecule has 1 radical (unpaired) electrons. The first-order valence-corrected chi connectivity index (χ1v) is 8.14. The molecule has 0 aromatic heterocycles. The van der Waals surface area contributed by atoms with Gasteiger partial charge in [0.2, 0.25) is 0 Å². The molecule has 0 N–H and O–H groups in total. The third kappa shape index (κ3) is 8.20. The van der Waals surface area contributed by atoms with Gasteiger partial charge >= 0.3 is 0 Å². The van der Waals surface area contributed by atoms with Crippen LogP contribution in [0, 0.1) is 0 Å². The Morgan fingerprint density at radius 1 is 1.39 bits per heavy atom. The molecule has 0 spiro atoms. The van der Waals surface area contributed by atoms with Crippen molar-refractivity contribution in [2.75, 3.05) is 0 Å². The van der Waals surface area contributed by atoms with Gasteiger partial charge in [-0.25, -0.2) is 0 Å². The van der Waals surface area contributed by atoms with Gasteiger partial charge in [-0.1, -0.05) is 74.2 Å². The first kappa shape index (κ1) is 19.0. The molecule has 1 aliphatic rings. The average Bonchev–Trinajstić information content (AvgIpc) is 2.51. The smallest absolute Gasteiger partial charge is 0.118 e. The van der Waals surface area contributed by atoms with E-state index in [1.807, 2.05) is 44.4 Å². The van der Waals surface area contributed by atoms with Crippen LogP contribution in [0.4, 0.5) is 0 Å². The van der Waals surface area contributed by atoms with Crippen LogP contribution in [0.25, 0.3) is 0 Å². The Bertz CT molecular complexity index is 597. The maximum Gasteiger partial charge on any atom is 0.118 e. The van der Waals surface area contributed by atoms with Crippen LogP contribution in [-0.2, 0) is 0 Å². The zero-order chi connectivity index (χ0) is 17.1. The molecule has 23 heavy (non-hydrogen) atoms. The summed E-state index contributed by atoms with van der Waals surface area (Å²) >= 11 is 0. The van der Waals surface area contributed by atoms with E-state index in [4.69, 9.17) is 0 Å². The second kappa shape index (κ2) is 10.6. The minimum atomic E-state index is 0.388. The van der Waals surface area contributed by atoms with E-state index in [0.717, 1.165) is 29.6 Å². The van der Waals surface area contributed by atoms with E-state index in [0.29, 0.717) is 5.82 Å². The van der Waals surface area contributed by atoms with Gasteiger partial charge in [0.05, 0.1) is 5.70 Å². The number of allylic oxidation sites excluding steroid dienone is 11. The van der Waals surface area contributed by atoms with Gasteiger partial charge in [-0.3, -0.25) is 4.99 Å². The lowest BCUT2D eigenvalue weighted by atomic mass is 9.61. The first-order valence-electron chi connectivity index (χ1n) is 8.14. The van der Waals surface area contributed by atoms with Crippen LogP contribution in [0.15, 0.2) is 89.2 Å². The molecule has 0 fully saturated rings. The van der Waals surface area contributed by atoms with E-state index in [-0.39, 0.29) is 0 Å². The average molecular weight is 304 g/mol. The molecular formula is C21H27BN. The van der Waals surface area contributed by atoms with E-state index < -0.39 is 0 Å². The van der Waals surface area contributed by atoms with Gasteiger partial charge in [-0.15, -0.1) is 0 Å². The highest BCUT2D eigenvalue weighted by molar-refractivity contribution is 6.38. The van der Waals surface area contributed by atoms with Gasteiger partial charge in [-0.2, -0.15) is 0 Å². The minimum absolute atomic E-state index is 0.388. The topological polar surface area (TPSA) is 12.4 Å². The lowest BCUT2D eigenvalue weighted by Gasteiger charge is -2.10. The summed E-state index contributed by atoms with van der Waals surface area (Å²) in [6, 6.07) is 0. The highest BCUT2D eigenvalue weighted by Crippen LogP contribution is 2.21. The predicted molar refractivity (Wildman–Crippen MR) is 106 cm³/mol. The second-order valence-corrected chi connectivity index (χ2v) is 5.78. The second-order valence-electron chi connectivity index (χ2n) is 5.78. The Morgan fingerprint density at radius 3 is 2.83 bits per heavy atom. The summed E-state index contributed by atoms with van der Waals surface area (Å²) in [6.07, 6.45) is 20.3. The van der Waals surface area contributed by atoms with Crippen molar-refractivity contribution in [3.05, 3.63) is 84.2 Å². The van der Waals surface area contributed by atoms with Crippen LogP contribution in [0.1, 0.15) is 27.2 Å². The van der Waals surface area contributed by atoms with Crippen LogP contribution >= 0.6 is 0 Å². The summed E-state index contributed by atoms with van der Waals surface area (Å²) in [5.41, 5.74) is 4.35. The van der Waals surface area contributed by atoms with Crippen molar-refractivity contribution in [3.8, 4) is 0 Å². The quantitative estimate of drug-likeness (QED) is 0.334.